The van der Waals surface area contributed by atoms with Crippen molar-refractivity contribution in [3.63, 3.8) is 0 Å². The molecule has 1 N–H and O–H groups in total. The zero-order chi connectivity index (χ0) is 25.2. The predicted octanol–water partition coefficient (Wildman–Crippen LogP) is 10.1. The number of rotatable bonds is 7. The Hall–Kier alpha value is -3.14. The first-order chi connectivity index (χ1) is 17.4. The van der Waals surface area contributed by atoms with E-state index in [1.54, 1.807) is 11.3 Å². The zero-order valence-electron chi connectivity index (χ0n) is 21.1. The highest BCUT2D eigenvalue weighted by molar-refractivity contribution is 7.10. The third-order valence-electron chi connectivity index (χ3n) is 6.66. The Morgan fingerprint density at radius 2 is 1.42 bits per heavy atom. The fraction of sp³-hybridized carbons (Fsp3) is 0.219. The van der Waals surface area contributed by atoms with Gasteiger partial charge in [0.05, 0.1) is 5.69 Å². The lowest BCUT2D eigenvalue weighted by atomic mass is 9.91. The Balaban J connectivity index is 1.63. The summed E-state index contributed by atoms with van der Waals surface area (Å²) in [5.41, 5.74) is 7.00. The first kappa shape index (κ1) is 24.5. The molecule has 4 heteroatoms. The molecule has 5 aromatic rings. The van der Waals surface area contributed by atoms with Crippen LogP contribution in [0.5, 0.6) is 0 Å². The van der Waals surface area contributed by atoms with Gasteiger partial charge in [-0.25, -0.2) is 4.98 Å². The van der Waals surface area contributed by atoms with Crippen LogP contribution in [-0.4, -0.2) is 4.98 Å². The summed E-state index contributed by atoms with van der Waals surface area (Å²) in [6.45, 7) is 8.89. The standard InChI is InChI=1S/C32H31ClN2S/c1-20(2)27-17-24(33)18-28(21(3)4)31(27)35-30(23-12-6-5-7-13-23)32-34-29(19-36-32)26-16-10-14-22-11-8-9-15-25(22)26/h5-21,30,35H,1-4H3. The van der Waals surface area contributed by atoms with E-state index in [1.165, 1.54) is 38.7 Å². The summed E-state index contributed by atoms with van der Waals surface area (Å²) in [4.78, 5) is 5.20. The second-order valence-electron chi connectivity index (χ2n) is 9.85. The van der Waals surface area contributed by atoms with E-state index in [1.807, 2.05) is 0 Å². The second kappa shape index (κ2) is 10.5. The van der Waals surface area contributed by atoms with Crippen molar-refractivity contribution in [3.05, 3.63) is 117 Å². The van der Waals surface area contributed by atoms with Crippen molar-refractivity contribution in [1.82, 2.24) is 4.98 Å². The summed E-state index contributed by atoms with van der Waals surface area (Å²) < 4.78 is 0. The van der Waals surface area contributed by atoms with Gasteiger partial charge in [-0.3, -0.25) is 0 Å². The van der Waals surface area contributed by atoms with Gasteiger partial charge in [0, 0.05) is 21.7 Å². The van der Waals surface area contributed by atoms with Crippen LogP contribution >= 0.6 is 22.9 Å². The number of thiazole rings is 1. The molecule has 0 amide bonds. The number of hydrogen-bond donors (Lipinski definition) is 1. The van der Waals surface area contributed by atoms with Gasteiger partial charge in [-0.15, -0.1) is 11.3 Å². The number of aromatic nitrogens is 1. The number of fused-ring (bicyclic) bond motifs is 1. The molecule has 1 heterocycles. The van der Waals surface area contributed by atoms with E-state index in [9.17, 15) is 0 Å². The first-order valence-corrected chi connectivity index (χ1v) is 13.8. The predicted molar refractivity (Wildman–Crippen MR) is 157 cm³/mol. The van der Waals surface area contributed by atoms with E-state index in [-0.39, 0.29) is 6.04 Å². The minimum Gasteiger partial charge on any atom is -0.372 e. The molecule has 0 spiro atoms. The molecule has 0 fully saturated rings. The largest absolute Gasteiger partial charge is 0.372 e. The third kappa shape index (κ3) is 4.91. The minimum atomic E-state index is -0.0731. The van der Waals surface area contributed by atoms with E-state index in [0.717, 1.165) is 15.7 Å². The molecular formula is C32H31ClN2S. The topological polar surface area (TPSA) is 24.9 Å². The van der Waals surface area contributed by atoms with Gasteiger partial charge in [0.15, 0.2) is 0 Å². The van der Waals surface area contributed by atoms with Gasteiger partial charge in [0.1, 0.15) is 11.0 Å². The lowest BCUT2D eigenvalue weighted by Crippen LogP contribution is -2.16. The molecule has 182 valence electrons. The average Bonchev–Trinajstić information content (AvgIpc) is 3.37. The van der Waals surface area contributed by atoms with Crippen LogP contribution in [0.4, 0.5) is 5.69 Å². The number of benzene rings is 4. The molecule has 5 rings (SSSR count). The number of halogens is 1. The molecule has 0 aliphatic heterocycles. The number of nitrogens with zero attached hydrogens (tertiary/aromatic N) is 1. The quantitative estimate of drug-likeness (QED) is 0.235. The lowest BCUT2D eigenvalue weighted by molar-refractivity contribution is 0.820. The highest BCUT2D eigenvalue weighted by atomic mass is 35.5. The molecule has 0 aliphatic rings. The van der Waals surface area contributed by atoms with Crippen LogP contribution in [-0.2, 0) is 0 Å². The molecule has 2 nitrogen and oxygen atoms in total. The minimum absolute atomic E-state index is 0.0731. The summed E-state index contributed by atoms with van der Waals surface area (Å²) in [6, 6.07) is 29.7. The highest BCUT2D eigenvalue weighted by Crippen LogP contribution is 2.40. The van der Waals surface area contributed by atoms with E-state index in [4.69, 9.17) is 16.6 Å². The van der Waals surface area contributed by atoms with E-state index < -0.39 is 0 Å². The van der Waals surface area contributed by atoms with Crippen LogP contribution in [0.15, 0.2) is 90.3 Å². The molecule has 1 aromatic heterocycles. The van der Waals surface area contributed by atoms with Gasteiger partial charge in [0.25, 0.3) is 0 Å². The van der Waals surface area contributed by atoms with Gasteiger partial charge in [-0.05, 0) is 51.4 Å². The second-order valence-corrected chi connectivity index (χ2v) is 11.2. The molecular weight excluding hydrogens is 480 g/mol. The molecule has 0 bridgehead atoms. The van der Waals surface area contributed by atoms with E-state index in [2.05, 4.69) is 123 Å². The molecule has 0 radical (unpaired) electrons. The van der Waals surface area contributed by atoms with Crippen LogP contribution in [0.1, 0.15) is 67.3 Å². The van der Waals surface area contributed by atoms with Crippen molar-refractivity contribution in [2.24, 2.45) is 0 Å². The number of anilines is 1. The summed E-state index contributed by atoms with van der Waals surface area (Å²) in [7, 11) is 0. The molecule has 36 heavy (non-hydrogen) atoms. The molecule has 1 atom stereocenters. The van der Waals surface area contributed by atoms with Gasteiger partial charge >= 0.3 is 0 Å². The summed E-state index contributed by atoms with van der Waals surface area (Å²) in [6.07, 6.45) is 0. The monoisotopic (exact) mass is 510 g/mol. The van der Waals surface area contributed by atoms with E-state index >= 15 is 0 Å². The van der Waals surface area contributed by atoms with Crippen molar-refractivity contribution >= 4 is 39.4 Å². The Kier molecular flexibility index (Phi) is 7.13. The van der Waals surface area contributed by atoms with Gasteiger partial charge < -0.3 is 5.32 Å². The normalized spacial score (nSPS) is 12.4. The van der Waals surface area contributed by atoms with Crippen LogP contribution in [0.2, 0.25) is 5.02 Å². The van der Waals surface area contributed by atoms with Crippen LogP contribution in [0.3, 0.4) is 0 Å². The summed E-state index contributed by atoms with van der Waals surface area (Å²) in [5.74, 6) is 0.672. The van der Waals surface area contributed by atoms with E-state index in [0.29, 0.717) is 11.8 Å². The molecule has 1 unspecified atom stereocenters. The fourth-order valence-electron chi connectivity index (χ4n) is 4.80. The van der Waals surface area contributed by atoms with Gasteiger partial charge in [0.2, 0.25) is 0 Å². The maximum atomic E-state index is 6.56. The molecule has 0 aliphatic carbocycles. The molecule has 0 saturated heterocycles. The smallest absolute Gasteiger partial charge is 0.120 e. The average molecular weight is 511 g/mol. The first-order valence-electron chi connectivity index (χ1n) is 12.5. The lowest BCUT2D eigenvalue weighted by Gasteiger charge is -2.26. The summed E-state index contributed by atoms with van der Waals surface area (Å²) in [5, 5.41) is 10.4. The van der Waals surface area contributed by atoms with Crippen LogP contribution < -0.4 is 5.32 Å². The maximum Gasteiger partial charge on any atom is 0.120 e. The highest BCUT2D eigenvalue weighted by Gasteiger charge is 2.23. The maximum absolute atomic E-state index is 6.56. The van der Waals surface area contributed by atoms with Crippen molar-refractivity contribution in [2.45, 2.75) is 45.6 Å². The Morgan fingerprint density at radius 1 is 0.778 bits per heavy atom. The van der Waals surface area contributed by atoms with Crippen molar-refractivity contribution < 1.29 is 0 Å². The molecule has 4 aromatic carbocycles. The Morgan fingerprint density at radius 3 is 2.11 bits per heavy atom. The van der Waals surface area contributed by atoms with Gasteiger partial charge in [-0.1, -0.05) is 112 Å². The Labute approximate surface area is 223 Å². The number of hydrogen-bond acceptors (Lipinski definition) is 3. The third-order valence-corrected chi connectivity index (χ3v) is 7.79. The van der Waals surface area contributed by atoms with Crippen LogP contribution in [0.25, 0.3) is 22.0 Å². The van der Waals surface area contributed by atoms with Crippen molar-refractivity contribution in [1.29, 1.82) is 0 Å². The Bertz CT molecular complexity index is 1450. The zero-order valence-corrected chi connectivity index (χ0v) is 22.7. The summed E-state index contributed by atoms with van der Waals surface area (Å²) >= 11 is 8.27. The van der Waals surface area contributed by atoms with Crippen molar-refractivity contribution in [3.8, 4) is 11.3 Å². The van der Waals surface area contributed by atoms with Gasteiger partial charge in [-0.2, -0.15) is 0 Å². The number of nitrogens with one attached hydrogen (secondary N) is 1. The van der Waals surface area contributed by atoms with Crippen molar-refractivity contribution in [2.75, 3.05) is 5.32 Å². The molecule has 0 saturated carbocycles. The SMILES string of the molecule is CC(C)c1cc(Cl)cc(C(C)C)c1NC(c1ccccc1)c1nc(-c2cccc3ccccc23)cs1. The van der Waals surface area contributed by atoms with Crippen LogP contribution in [0, 0.1) is 0 Å². The fourth-order valence-corrected chi connectivity index (χ4v) is 5.93.